The number of fused-ring (bicyclic) bond motifs is 1. The summed E-state index contributed by atoms with van der Waals surface area (Å²) < 4.78 is 4.04. The highest BCUT2D eigenvalue weighted by Gasteiger charge is 2.19. The van der Waals surface area contributed by atoms with Gasteiger partial charge in [-0.25, -0.2) is 0 Å². The smallest absolute Gasteiger partial charge is 0.203 e. The van der Waals surface area contributed by atoms with Crippen molar-refractivity contribution in [2.45, 2.75) is 39.8 Å². The quantitative estimate of drug-likeness (QED) is 0.486. The summed E-state index contributed by atoms with van der Waals surface area (Å²) in [5.41, 5.74) is 8.37. The Morgan fingerprint density at radius 2 is 1.33 bits per heavy atom. The van der Waals surface area contributed by atoms with E-state index in [0.29, 0.717) is 18.6 Å². The maximum atomic E-state index is 10.3. The largest absolute Gasteiger partial charge is 0.394 e. The molecule has 0 saturated heterocycles. The predicted molar refractivity (Wildman–Crippen MR) is 122 cm³/mol. The number of rotatable bonds is 6. The number of aliphatic hydroxyl groups excluding tert-OH is 1. The fourth-order valence-corrected chi connectivity index (χ4v) is 4.05. The highest BCUT2D eigenvalue weighted by molar-refractivity contribution is 5.77. The second kappa shape index (κ2) is 8.33. The molecule has 1 atom stereocenters. The van der Waals surface area contributed by atoms with Gasteiger partial charge < -0.3 is 14.2 Å². The van der Waals surface area contributed by atoms with Gasteiger partial charge in [0, 0.05) is 0 Å². The summed E-state index contributed by atoms with van der Waals surface area (Å²) >= 11 is 0. The molecule has 0 aliphatic heterocycles. The van der Waals surface area contributed by atoms with Gasteiger partial charge in [0.1, 0.15) is 0 Å². The number of aromatic nitrogens is 2. The van der Waals surface area contributed by atoms with Gasteiger partial charge in [0.2, 0.25) is 5.62 Å². The zero-order valence-corrected chi connectivity index (χ0v) is 17.9. The van der Waals surface area contributed by atoms with Gasteiger partial charge in [-0.05, 0) is 56.0 Å². The van der Waals surface area contributed by atoms with E-state index in [1.54, 1.807) is 0 Å². The number of aryl methyl sites for hydroxylation is 3. The van der Waals surface area contributed by atoms with E-state index in [0.717, 1.165) is 22.2 Å². The molecule has 154 valence electrons. The molecular weight excluding hydrogens is 370 g/mol. The van der Waals surface area contributed by atoms with Crippen LogP contribution >= 0.6 is 0 Å². The van der Waals surface area contributed by atoms with Crippen LogP contribution in [0.1, 0.15) is 33.9 Å². The third-order valence-corrected chi connectivity index (χ3v) is 5.79. The minimum Gasteiger partial charge on any atom is -0.394 e. The molecule has 0 fully saturated rings. The van der Waals surface area contributed by atoms with Crippen molar-refractivity contribution in [2.24, 2.45) is 0 Å². The Balaban J connectivity index is 1.80. The van der Waals surface area contributed by atoms with Crippen LogP contribution in [-0.4, -0.2) is 20.8 Å². The van der Waals surface area contributed by atoms with E-state index >= 15 is 0 Å². The second-order valence-corrected chi connectivity index (χ2v) is 8.28. The minimum atomic E-state index is -0.191. The zero-order valence-electron chi connectivity index (χ0n) is 17.9. The highest BCUT2D eigenvalue weighted by Crippen LogP contribution is 2.22. The van der Waals surface area contributed by atoms with Crippen molar-refractivity contribution < 1.29 is 5.11 Å². The summed E-state index contributed by atoms with van der Waals surface area (Å²) in [5, 5.41) is 19.3. The molecule has 4 nitrogen and oxygen atoms in total. The van der Waals surface area contributed by atoms with Gasteiger partial charge in [0.25, 0.3) is 0 Å². The molecule has 0 radical (unpaired) electrons. The Hall–Kier alpha value is -3.11. The van der Waals surface area contributed by atoms with Gasteiger partial charge in [0.15, 0.2) is 0 Å². The Bertz CT molecular complexity index is 1210. The van der Waals surface area contributed by atoms with Crippen molar-refractivity contribution in [3.63, 3.8) is 0 Å². The van der Waals surface area contributed by atoms with Crippen LogP contribution in [0.4, 0.5) is 0 Å². The molecule has 0 bridgehead atoms. The van der Waals surface area contributed by atoms with E-state index in [1.807, 2.05) is 9.13 Å². The topological polar surface area (TPSA) is 53.9 Å². The number of nitrogens with zero attached hydrogens (tertiary/aromatic N) is 2. The molecule has 4 rings (SSSR count). The van der Waals surface area contributed by atoms with Crippen LogP contribution in [0, 0.1) is 26.2 Å². The fourth-order valence-electron chi connectivity index (χ4n) is 4.05. The lowest BCUT2D eigenvalue weighted by Gasteiger charge is -2.18. The van der Waals surface area contributed by atoms with Gasteiger partial charge in [-0.2, -0.15) is 0 Å². The highest BCUT2D eigenvalue weighted by atomic mass is 16.3. The van der Waals surface area contributed by atoms with E-state index in [-0.39, 0.29) is 12.6 Å². The molecule has 0 spiro atoms. The maximum Gasteiger partial charge on any atom is 0.203 e. The molecule has 1 aromatic heterocycles. The monoisotopic (exact) mass is 399 g/mol. The van der Waals surface area contributed by atoms with Crippen LogP contribution < -0.4 is 5.62 Å². The van der Waals surface area contributed by atoms with Crippen LogP contribution in [0.5, 0.6) is 0 Å². The van der Waals surface area contributed by atoms with Crippen molar-refractivity contribution in [3.05, 3.63) is 100 Å². The number of aliphatic hydroxyl groups is 1. The molecule has 4 aromatic rings. The SMILES string of the molecule is Cc1ccc(C[C@@H](CO)n2c(=N)n(Cc3ccc(C)cc3)c3ccc(C)cc32)cc1. The molecule has 0 unspecified atom stereocenters. The van der Waals surface area contributed by atoms with Crippen LogP contribution in [-0.2, 0) is 13.0 Å². The van der Waals surface area contributed by atoms with Crippen LogP contribution in [0.15, 0.2) is 66.7 Å². The fraction of sp³-hybridized carbons (Fsp3) is 0.269. The Kier molecular flexibility index (Phi) is 5.60. The summed E-state index contributed by atoms with van der Waals surface area (Å²) in [7, 11) is 0. The standard InChI is InChI=1S/C26H29N3O/c1-18-4-9-21(10-5-18)15-23(17-30)29-25-14-20(3)8-13-24(25)28(26(29)27)16-22-11-6-19(2)7-12-22/h4-14,23,27,30H,15-17H2,1-3H3/t23-/m0/s1. The predicted octanol–water partition coefficient (Wildman–Crippen LogP) is 4.67. The van der Waals surface area contributed by atoms with E-state index < -0.39 is 0 Å². The molecule has 0 saturated carbocycles. The zero-order chi connectivity index (χ0) is 21.3. The normalized spacial score (nSPS) is 12.4. The number of hydrogen-bond donors (Lipinski definition) is 2. The Morgan fingerprint density at radius 1 is 0.767 bits per heavy atom. The maximum absolute atomic E-state index is 10.3. The molecule has 1 heterocycles. The van der Waals surface area contributed by atoms with Gasteiger partial charge in [0.05, 0.1) is 30.2 Å². The summed E-state index contributed by atoms with van der Waals surface area (Å²) in [6.45, 7) is 6.85. The minimum absolute atomic E-state index is 0.0119. The van der Waals surface area contributed by atoms with Gasteiger partial charge in [-0.15, -0.1) is 0 Å². The molecular formula is C26H29N3O. The van der Waals surface area contributed by atoms with Crippen molar-refractivity contribution in [1.82, 2.24) is 9.13 Å². The molecule has 0 aliphatic carbocycles. The number of imidazole rings is 1. The van der Waals surface area contributed by atoms with E-state index in [1.165, 1.54) is 16.7 Å². The first-order chi connectivity index (χ1) is 14.5. The average molecular weight is 400 g/mol. The molecule has 30 heavy (non-hydrogen) atoms. The van der Waals surface area contributed by atoms with E-state index in [9.17, 15) is 5.11 Å². The van der Waals surface area contributed by atoms with E-state index in [2.05, 4.69) is 87.5 Å². The number of hydrogen-bond acceptors (Lipinski definition) is 2. The lowest BCUT2D eigenvalue weighted by molar-refractivity contribution is 0.225. The lowest BCUT2D eigenvalue weighted by Crippen LogP contribution is -2.30. The summed E-state index contributed by atoms with van der Waals surface area (Å²) in [6, 6.07) is 23.0. The third-order valence-electron chi connectivity index (χ3n) is 5.79. The second-order valence-electron chi connectivity index (χ2n) is 8.28. The van der Waals surface area contributed by atoms with Crippen molar-refractivity contribution in [2.75, 3.05) is 6.61 Å². The summed E-state index contributed by atoms with van der Waals surface area (Å²) in [6.07, 6.45) is 0.685. The first-order valence-corrected chi connectivity index (χ1v) is 10.4. The number of benzene rings is 3. The molecule has 0 amide bonds. The van der Waals surface area contributed by atoms with Crippen LogP contribution in [0.2, 0.25) is 0 Å². The number of nitrogens with one attached hydrogen (secondary N) is 1. The van der Waals surface area contributed by atoms with Crippen molar-refractivity contribution in [1.29, 1.82) is 5.41 Å². The molecule has 4 heteroatoms. The molecule has 2 N–H and O–H groups in total. The van der Waals surface area contributed by atoms with Gasteiger partial charge >= 0.3 is 0 Å². The summed E-state index contributed by atoms with van der Waals surface area (Å²) in [5.74, 6) is 0. The van der Waals surface area contributed by atoms with Crippen LogP contribution in [0.25, 0.3) is 11.0 Å². The average Bonchev–Trinajstić information content (AvgIpc) is 3.00. The summed E-state index contributed by atoms with van der Waals surface area (Å²) in [4.78, 5) is 0. The molecule has 0 aliphatic rings. The van der Waals surface area contributed by atoms with Gasteiger partial charge in [-0.1, -0.05) is 65.7 Å². The van der Waals surface area contributed by atoms with Gasteiger partial charge in [-0.3, -0.25) is 5.41 Å². The third kappa shape index (κ3) is 3.96. The Labute approximate surface area is 177 Å². The van der Waals surface area contributed by atoms with E-state index in [4.69, 9.17) is 5.41 Å². The van der Waals surface area contributed by atoms with Crippen molar-refractivity contribution in [3.8, 4) is 0 Å². The molecule has 3 aromatic carbocycles. The first kappa shape index (κ1) is 20.2. The lowest BCUT2D eigenvalue weighted by atomic mass is 10.0. The van der Waals surface area contributed by atoms with Crippen LogP contribution in [0.3, 0.4) is 0 Å². The van der Waals surface area contributed by atoms with Crippen molar-refractivity contribution >= 4 is 11.0 Å². The Morgan fingerprint density at radius 3 is 1.93 bits per heavy atom. The first-order valence-electron chi connectivity index (χ1n) is 10.4.